The van der Waals surface area contributed by atoms with Crippen LogP contribution in [0.25, 0.3) is 0 Å². The van der Waals surface area contributed by atoms with E-state index in [1.54, 1.807) is 12.3 Å². The van der Waals surface area contributed by atoms with Gasteiger partial charge in [-0.15, -0.1) is 0 Å². The molecule has 0 saturated carbocycles. The third kappa shape index (κ3) is 2.69. The van der Waals surface area contributed by atoms with E-state index in [-0.39, 0.29) is 5.91 Å². The fourth-order valence-electron chi connectivity index (χ4n) is 2.41. The largest absolute Gasteiger partial charge is 0.469 e. The van der Waals surface area contributed by atoms with Crippen molar-refractivity contribution >= 4 is 5.91 Å². The molecule has 1 aromatic rings. The summed E-state index contributed by atoms with van der Waals surface area (Å²) in [6.07, 6.45) is 3.75. The summed E-state index contributed by atoms with van der Waals surface area (Å²) in [4.78, 5) is 14.1. The summed E-state index contributed by atoms with van der Waals surface area (Å²) in [5.74, 6) is 1.53. The number of amides is 1. The second kappa shape index (κ2) is 5.36. The van der Waals surface area contributed by atoms with E-state index in [0.29, 0.717) is 17.2 Å². The lowest BCUT2D eigenvalue weighted by Gasteiger charge is -2.31. The molecule has 0 aliphatic carbocycles. The van der Waals surface area contributed by atoms with Crippen molar-refractivity contribution in [3.63, 3.8) is 0 Å². The van der Waals surface area contributed by atoms with Gasteiger partial charge in [-0.25, -0.2) is 0 Å². The number of aryl methyl sites for hydroxylation is 1. The van der Waals surface area contributed by atoms with E-state index in [0.717, 1.165) is 32.5 Å². The Labute approximate surface area is 102 Å². The molecule has 4 nitrogen and oxygen atoms in total. The van der Waals surface area contributed by atoms with Gasteiger partial charge >= 0.3 is 0 Å². The molecule has 0 unspecified atom stereocenters. The molecule has 1 aromatic heterocycles. The maximum atomic E-state index is 12.2. The topological polar surface area (TPSA) is 45.5 Å². The van der Waals surface area contributed by atoms with Gasteiger partial charge in [0.2, 0.25) is 0 Å². The Morgan fingerprint density at radius 1 is 1.53 bits per heavy atom. The zero-order valence-corrected chi connectivity index (χ0v) is 10.5. The van der Waals surface area contributed by atoms with Crippen LogP contribution in [-0.4, -0.2) is 37.5 Å². The Kier molecular flexibility index (Phi) is 3.84. The van der Waals surface area contributed by atoms with Gasteiger partial charge in [0.05, 0.1) is 11.8 Å². The highest BCUT2D eigenvalue weighted by atomic mass is 16.3. The molecule has 1 aliphatic rings. The number of hydrogen-bond donors (Lipinski definition) is 1. The van der Waals surface area contributed by atoms with Gasteiger partial charge in [0.15, 0.2) is 0 Å². The second-order valence-corrected chi connectivity index (χ2v) is 4.68. The third-order valence-corrected chi connectivity index (χ3v) is 3.48. The first-order valence-corrected chi connectivity index (χ1v) is 6.20. The van der Waals surface area contributed by atoms with Gasteiger partial charge in [-0.1, -0.05) is 0 Å². The highest BCUT2D eigenvalue weighted by molar-refractivity contribution is 5.95. The van der Waals surface area contributed by atoms with Crippen LogP contribution in [0.2, 0.25) is 0 Å². The number of rotatable bonds is 3. The summed E-state index contributed by atoms with van der Waals surface area (Å²) in [5, 5.41) is 3.20. The third-order valence-electron chi connectivity index (χ3n) is 3.48. The lowest BCUT2D eigenvalue weighted by Crippen LogP contribution is -2.40. The van der Waals surface area contributed by atoms with Crippen LogP contribution in [0.1, 0.15) is 29.0 Å². The van der Waals surface area contributed by atoms with E-state index in [4.69, 9.17) is 4.42 Å². The van der Waals surface area contributed by atoms with Crippen molar-refractivity contribution in [3.05, 3.63) is 23.7 Å². The molecule has 0 aromatic carbocycles. The molecule has 0 radical (unpaired) electrons. The SMILES string of the molecule is CNCC1CCN(C(=O)c2ccoc2C)CC1. The molecular weight excluding hydrogens is 216 g/mol. The van der Waals surface area contributed by atoms with Gasteiger partial charge in [-0.3, -0.25) is 4.79 Å². The van der Waals surface area contributed by atoms with Crippen molar-refractivity contribution in [2.75, 3.05) is 26.7 Å². The smallest absolute Gasteiger partial charge is 0.257 e. The van der Waals surface area contributed by atoms with E-state index in [2.05, 4.69) is 5.32 Å². The number of furan rings is 1. The summed E-state index contributed by atoms with van der Waals surface area (Å²) in [5.41, 5.74) is 0.706. The molecule has 94 valence electrons. The van der Waals surface area contributed by atoms with Crippen molar-refractivity contribution < 1.29 is 9.21 Å². The highest BCUT2D eigenvalue weighted by Gasteiger charge is 2.24. The monoisotopic (exact) mass is 236 g/mol. The normalized spacial score (nSPS) is 17.4. The molecule has 4 heteroatoms. The van der Waals surface area contributed by atoms with Crippen LogP contribution in [0.3, 0.4) is 0 Å². The Balaban J connectivity index is 1.93. The van der Waals surface area contributed by atoms with E-state index < -0.39 is 0 Å². The first-order valence-electron chi connectivity index (χ1n) is 6.20. The Hall–Kier alpha value is -1.29. The highest BCUT2D eigenvalue weighted by Crippen LogP contribution is 2.20. The molecule has 2 heterocycles. The second-order valence-electron chi connectivity index (χ2n) is 4.68. The zero-order chi connectivity index (χ0) is 12.3. The van der Waals surface area contributed by atoms with Gasteiger partial charge in [0.25, 0.3) is 5.91 Å². The summed E-state index contributed by atoms with van der Waals surface area (Å²) in [6, 6.07) is 1.76. The molecule has 0 spiro atoms. The standard InChI is InChI=1S/C13H20N2O2/c1-10-12(5-8-17-10)13(16)15-6-3-11(4-7-15)9-14-2/h5,8,11,14H,3-4,6-7,9H2,1-2H3. The molecule has 1 aliphatic heterocycles. The summed E-state index contributed by atoms with van der Waals surface area (Å²) in [6.45, 7) is 4.60. The number of likely N-dealkylation sites (tertiary alicyclic amines) is 1. The summed E-state index contributed by atoms with van der Waals surface area (Å²) >= 11 is 0. The summed E-state index contributed by atoms with van der Waals surface area (Å²) < 4.78 is 5.18. The van der Waals surface area contributed by atoms with Gasteiger partial charge < -0.3 is 14.6 Å². The van der Waals surface area contributed by atoms with Crippen LogP contribution < -0.4 is 5.32 Å². The van der Waals surface area contributed by atoms with Gasteiger partial charge in [0, 0.05) is 13.1 Å². The van der Waals surface area contributed by atoms with Crippen molar-refractivity contribution in [2.24, 2.45) is 5.92 Å². The Morgan fingerprint density at radius 3 is 2.76 bits per heavy atom. The minimum absolute atomic E-state index is 0.110. The van der Waals surface area contributed by atoms with Crippen LogP contribution in [0.4, 0.5) is 0 Å². The number of carbonyl (C=O) groups excluding carboxylic acids is 1. The summed E-state index contributed by atoms with van der Waals surface area (Å²) in [7, 11) is 1.98. The minimum Gasteiger partial charge on any atom is -0.469 e. The molecule has 1 N–H and O–H groups in total. The maximum Gasteiger partial charge on any atom is 0.257 e. The van der Waals surface area contributed by atoms with Crippen molar-refractivity contribution in [2.45, 2.75) is 19.8 Å². The van der Waals surface area contributed by atoms with Crippen LogP contribution in [-0.2, 0) is 0 Å². The fraction of sp³-hybridized carbons (Fsp3) is 0.615. The predicted octanol–water partition coefficient (Wildman–Crippen LogP) is 1.66. The Bertz CT molecular complexity index is 379. The van der Waals surface area contributed by atoms with E-state index in [9.17, 15) is 4.79 Å². The number of carbonyl (C=O) groups is 1. The van der Waals surface area contributed by atoms with Gasteiger partial charge in [-0.2, -0.15) is 0 Å². The van der Waals surface area contributed by atoms with Crippen LogP contribution in [0, 0.1) is 12.8 Å². The molecule has 1 fully saturated rings. The fourth-order valence-corrected chi connectivity index (χ4v) is 2.41. The van der Waals surface area contributed by atoms with Crippen molar-refractivity contribution in [1.82, 2.24) is 10.2 Å². The molecule has 1 amide bonds. The molecule has 0 atom stereocenters. The molecule has 17 heavy (non-hydrogen) atoms. The Morgan fingerprint density at radius 2 is 2.24 bits per heavy atom. The average Bonchev–Trinajstić information content (AvgIpc) is 2.76. The molecular formula is C13H20N2O2. The van der Waals surface area contributed by atoms with Gasteiger partial charge in [-0.05, 0) is 45.3 Å². The first kappa shape index (κ1) is 12.2. The lowest BCUT2D eigenvalue weighted by atomic mass is 9.96. The van der Waals surface area contributed by atoms with Crippen molar-refractivity contribution in [3.8, 4) is 0 Å². The minimum atomic E-state index is 0.110. The van der Waals surface area contributed by atoms with E-state index in [1.165, 1.54) is 0 Å². The van der Waals surface area contributed by atoms with Crippen LogP contribution in [0.5, 0.6) is 0 Å². The lowest BCUT2D eigenvalue weighted by molar-refractivity contribution is 0.0689. The number of piperidine rings is 1. The number of hydrogen-bond acceptors (Lipinski definition) is 3. The van der Waals surface area contributed by atoms with Gasteiger partial charge in [0.1, 0.15) is 5.76 Å². The quantitative estimate of drug-likeness (QED) is 0.868. The van der Waals surface area contributed by atoms with E-state index in [1.807, 2.05) is 18.9 Å². The number of nitrogens with zero attached hydrogens (tertiary/aromatic N) is 1. The average molecular weight is 236 g/mol. The van der Waals surface area contributed by atoms with Crippen LogP contribution >= 0.6 is 0 Å². The van der Waals surface area contributed by atoms with Crippen LogP contribution in [0.15, 0.2) is 16.7 Å². The maximum absolute atomic E-state index is 12.2. The van der Waals surface area contributed by atoms with Crippen molar-refractivity contribution in [1.29, 1.82) is 0 Å². The molecule has 2 rings (SSSR count). The molecule has 0 bridgehead atoms. The molecule has 1 saturated heterocycles. The zero-order valence-electron chi connectivity index (χ0n) is 10.5. The first-order chi connectivity index (χ1) is 8.22. The van der Waals surface area contributed by atoms with E-state index >= 15 is 0 Å². The predicted molar refractivity (Wildman–Crippen MR) is 66.0 cm³/mol. The number of nitrogens with one attached hydrogen (secondary N) is 1.